The largest absolute Gasteiger partial charge is 0.497 e. The molecule has 10 heteroatoms. The van der Waals surface area contributed by atoms with E-state index in [0.717, 1.165) is 22.4 Å². The normalized spacial score (nSPS) is 11.4. The molecule has 2 heterocycles. The van der Waals surface area contributed by atoms with Gasteiger partial charge in [-0.1, -0.05) is 17.3 Å². The van der Waals surface area contributed by atoms with Crippen LogP contribution in [0.15, 0.2) is 93.3 Å². The molecular formula is C27H23N3O6S. The fourth-order valence-electron chi connectivity index (χ4n) is 4.18. The molecule has 0 fully saturated rings. The lowest BCUT2D eigenvalue weighted by atomic mass is 10.0. The van der Waals surface area contributed by atoms with Gasteiger partial charge in [0, 0.05) is 17.5 Å². The first-order valence-corrected chi connectivity index (χ1v) is 12.7. The minimum absolute atomic E-state index is 0.0175. The molecule has 37 heavy (non-hydrogen) atoms. The molecular weight excluding hydrogens is 494 g/mol. The zero-order valence-corrected chi connectivity index (χ0v) is 21.1. The molecule has 2 aromatic heterocycles. The van der Waals surface area contributed by atoms with Crippen LogP contribution < -0.4 is 19.8 Å². The molecule has 0 radical (unpaired) electrons. The van der Waals surface area contributed by atoms with E-state index in [1.165, 1.54) is 42.2 Å². The Morgan fingerprint density at radius 1 is 0.892 bits per heavy atom. The number of benzene rings is 3. The lowest BCUT2D eigenvalue weighted by molar-refractivity contribution is 0.413. The van der Waals surface area contributed by atoms with Gasteiger partial charge in [-0.15, -0.1) is 0 Å². The summed E-state index contributed by atoms with van der Waals surface area (Å²) in [6.07, 6.45) is 1.27. The number of hydrogen-bond acceptors (Lipinski definition) is 7. The van der Waals surface area contributed by atoms with Gasteiger partial charge < -0.3 is 14.0 Å². The van der Waals surface area contributed by atoms with Crippen LogP contribution in [-0.4, -0.2) is 32.4 Å². The van der Waals surface area contributed by atoms with Gasteiger partial charge in [-0.05, 0) is 72.1 Å². The second-order valence-electron chi connectivity index (χ2n) is 8.34. The first-order valence-electron chi connectivity index (χ1n) is 11.2. The van der Waals surface area contributed by atoms with E-state index < -0.39 is 10.0 Å². The number of nitrogens with zero attached hydrogens (tertiary/aromatic N) is 2. The highest BCUT2D eigenvalue weighted by Crippen LogP contribution is 2.33. The number of anilines is 1. The Hall–Kier alpha value is -4.57. The smallest absolute Gasteiger partial charge is 0.263 e. The third-order valence-corrected chi connectivity index (χ3v) is 7.25. The van der Waals surface area contributed by atoms with Gasteiger partial charge in [-0.2, -0.15) is 0 Å². The number of pyridine rings is 1. The SMILES string of the molecule is COc1cc(C)cc(-c2ccc(-n3c(=O)ccc4cc(S(=O)(=O)Nc5ccon5)ccc43)c(OC)c2)c1. The molecule has 0 unspecified atom stereocenters. The highest BCUT2D eigenvalue weighted by molar-refractivity contribution is 7.92. The number of nitrogens with one attached hydrogen (secondary N) is 1. The van der Waals surface area contributed by atoms with Crippen LogP contribution in [-0.2, 0) is 10.0 Å². The van der Waals surface area contributed by atoms with Crippen molar-refractivity contribution in [1.29, 1.82) is 0 Å². The molecule has 0 aliphatic heterocycles. The van der Waals surface area contributed by atoms with E-state index >= 15 is 0 Å². The predicted molar refractivity (Wildman–Crippen MR) is 140 cm³/mol. The number of methoxy groups -OCH3 is 2. The van der Waals surface area contributed by atoms with Crippen molar-refractivity contribution in [2.24, 2.45) is 0 Å². The zero-order valence-electron chi connectivity index (χ0n) is 20.3. The Morgan fingerprint density at radius 2 is 1.73 bits per heavy atom. The Kier molecular flexibility index (Phi) is 6.18. The molecule has 188 valence electrons. The van der Waals surface area contributed by atoms with Crippen molar-refractivity contribution in [2.75, 3.05) is 18.9 Å². The Bertz CT molecular complexity index is 1780. The summed E-state index contributed by atoms with van der Waals surface area (Å²) < 4.78 is 45.3. The van der Waals surface area contributed by atoms with Crippen molar-refractivity contribution in [3.8, 4) is 28.3 Å². The van der Waals surface area contributed by atoms with E-state index in [4.69, 9.17) is 9.47 Å². The highest BCUT2D eigenvalue weighted by atomic mass is 32.2. The molecule has 0 spiro atoms. The van der Waals surface area contributed by atoms with Crippen LogP contribution in [0.25, 0.3) is 27.7 Å². The van der Waals surface area contributed by atoms with Crippen LogP contribution in [0.5, 0.6) is 11.5 Å². The summed E-state index contributed by atoms with van der Waals surface area (Å²) >= 11 is 0. The van der Waals surface area contributed by atoms with Gasteiger partial charge in [-0.25, -0.2) is 8.42 Å². The Balaban J connectivity index is 1.60. The molecule has 5 rings (SSSR count). The average Bonchev–Trinajstić information content (AvgIpc) is 3.40. The number of fused-ring (bicyclic) bond motifs is 1. The molecule has 0 atom stereocenters. The molecule has 0 aliphatic carbocycles. The lowest BCUT2D eigenvalue weighted by Gasteiger charge is -2.16. The minimum Gasteiger partial charge on any atom is -0.497 e. The van der Waals surface area contributed by atoms with Crippen molar-refractivity contribution in [2.45, 2.75) is 11.8 Å². The van der Waals surface area contributed by atoms with Crippen LogP contribution in [0.3, 0.4) is 0 Å². The number of aromatic nitrogens is 2. The number of hydrogen-bond donors (Lipinski definition) is 1. The van der Waals surface area contributed by atoms with Crippen molar-refractivity contribution < 1.29 is 22.4 Å². The number of rotatable bonds is 7. The van der Waals surface area contributed by atoms with Gasteiger partial charge in [0.1, 0.15) is 17.8 Å². The van der Waals surface area contributed by atoms with Gasteiger partial charge in [0.25, 0.3) is 15.6 Å². The fourth-order valence-corrected chi connectivity index (χ4v) is 5.20. The third-order valence-electron chi connectivity index (χ3n) is 5.89. The number of aryl methyl sites for hydroxylation is 1. The maximum atomic E-state index is 13.0. The van der Waals surface area contributed by atoms with E-state index in [1.807, 2.05) is 37.3 Å². The second kappa shape index (κ2) is 9.47. The van der Waals surface area contributed by atoms with Crippen LogP contribution in [0.1, 0.15) is 5.56 Å². The summed E-state index contributed by atoms with van der Waals surface area (Å²) in [4.78, 5) is 13.0. The van der Waals surface area contributed by atoms with E-state index in [0.29, 0.717) is 22.3 Å². The van der Waals surface area contributed by atoms with Crippen LogP contribution in [0.4, 0.5) is 5.82 Å². The maximum Gasteiger partial charge on any atom is 0.263 e. The lowest BCUT2D eigenvalue weighted by Crippen LogP contribution is -2.18. The number of sulfonamides is 1. The standard InChI is InChI=1S/C27H23N3O6S/c1-17-12-20(14-21(13-17)34-2)18-4-7-24(25(16-18)35-3)30-23-8-6-22(15-19(23)5-9-27(30)31)37(32,33)29-26-10-11-36-28-26/h4-16H,1-3H3,(H,28,29). The average molecular weight is 518 g/mol. The van der Waals surface area contributed by atoms with Crippen LogP contribution >= 0.6 is 0 Å². The summed E-state index contributed by atoms with van der Waals surface area (Å²) in [7, 11) is -0.757. The van der Waals surface area contributed by atoms with Gasteiger partial charge in [-0.3, -0.25) is 14.1 Å². The minimum atomic E-state index is -3.92. The van der Waals surface area contributed by atoms with Gasteiger partial charge in [0.05, 0.1) is 30.3 Å². The maximum absolute atomic E-state index is 13.0. The first-order chi connectivity index (χ1) is 17.8. The summed E-state index contributed by atoms with van der Waals surface area (Å²) in [6.45, 7) is 1.99. The molecule has 9 nitrogen and oxygen atoms in total. The van der Waals surface area contributed by atoms with Crippen molar-refractivity contribution in [1.82, 2.24) is 9.72 Å². The summed E-state index contributed by atoms with van der Waals surface area (Å²) in [6, 6.07) is 20.4. The predicted octanol–water partition coefficient (Wildman–Crippen LogP) is 4.77. The summed E-state index contributed by atoms with van der Waals surface area (Å²) in [5, 5.41) is 4.14. The zero-order chi connectivity index (χ0) is 26.2. The van der Waals surface area contributed by atoms with E-state index in [-0.39, 0.29) is 16.3 Å². The van der Waals surface area contributed by atoms with Gasteiger partial charge in [0.15, 0.2) is 5.82 Å². The quantitative estimate of drug-likeness (QED) is 0.331. The number of ether oxygens (including phenoxy) is 2. The van der Waals surface area contributed by atoms with E-state index in [2.05, 4.69) is 14.4 Å². The van der Waals surface area contributed by atoms with Gasteiger partial charge >= 0.3 is 0 Å². The summed E-state index contributed by atoms with van der Waals surface area (Å²) in [5.74, 6) is 1.30. The van der Waals surface area contributed by atoms with E-state index in [9.17, 15) is 13.2 Å². The first kappa shape index (κ1) is 24.1. The topological polar surface area (TPSA) is 113 Å². The molecule has 0 saturated carbocycles. The highest BCUT2D eigenvalue weighted by Gasteiger charge is 2.18. The fraction of sp³-hybridized carbons (Fsp3) is 0.111. The monoisotopic (exact) mass is 517 g/mol. The van der Waals surface area contributed by atoms with Crippen molar-refractivity contribution >= 4 is 26.7 Å². The molecule has 3 aromatic carbocycles. The molecule has 0 amide bonds. The van der Waals surface area contributed by atoms with Crippen molar-refractivity contribution in [3.05, 3.63) is 95.0 Å². The van der Waals surface area contributed by atoms with Gasteiger partial charge in [0.2, 0.25) is 0 Å². The second-order valence-corrected chi connectivity index (χ2v) is 10.0. The molecule has 0 saturated heterocycles. The van der Waals surface area contributed by atoms with Crippen molar-refractivity contribution in [3.63, 3.8) is 0 Å². The van der Waals surface area contributed by atoms with Crippen LogP contribution in [0.2, 0.25) is 0 Å². The third kappa shape index (κ3) is 4.66. The Morgan fingerprint density at radius 3 is 2.46 bits per heavy atom. The molecule has 0 bridgehead atoms. The Labute approximate surface area is 212 Å². The molecule has 0 aliphatic rings. The van der Waals surface area contributed by atoms with Crippen LogP contribution in [0, 0.1) is 6.92 Å². The molecule has 1 N–H and O–H groups in total. The summed E-state index contributed by atoms with van der Waals surface area (Å²) in [5.41, 5.74) is 3.65. The van der Waals surface area contributed by atoms with E-state index in [1.54, 1.807) is 25.3 Å². The molecule has 5 aromatic rings.